The number of benzene rings is 2. The summed E-state index contributed by atoms with van der Waals surface area (Å²) in [6.07, 6.45) is 1.36. The Morgan fingerprint density at radius 1 is 1.04 bits per heavy atom. The molecule has 1 heterocycles. The van der Waals surface area contributed by atoms with E-state index in [0.717, 1.165) is 16.8 Å². The number of methoxy groups -OCH3 is 2. The van der Waals surface area contributed by atoms with Gasteiger partial charge in [0.05, 0.1) is 19.8 Å². The summed E-state index contributed by atoms with van der Waals surface area (Å²) in [6.45, 7) is 1.94. The zero-order chi connectivity index (χ0) is 17.3. The van der Waals surface area contributed by atoms with E-state index in [-0.39, 0.29) is 11.7 Å². The lowest BCUT2D eigenvalue weighted by Gasteiger charge is -2.08. The number of ether oxygens (including phenoxy) is 2. The molecule has 3 rings (SSSR count). The molecule has 1 amide bonds. The molecule has 0 spiro atoms. The van der Waals surface area contributed by atoms with Gasteiger partial charge in [0.25, 0.3) is 5.91 Å². The summed E-state index contributed by atoms with van der Waals surface area (Å²) in [6, 6.07) is 10.5. The maximum absolute atomic E-state index is 12.6. The van der Waals surface area contributed by atoms with Crippen LogP contribution in [0.2, 0.25) is 0 Å². The molecule has 0 aliphatic carbocycles. The van der Waals surface area contributed by atoms with Gasteiger partial charge in [-0.3, -0.25) is 9.59 Å². The van der Waals surface area contributed by atoms with Gasteiger partial charge in [0.15, 0.2) is 17.3 Å². The van der Waals surface area contributed by atoms with E-state index in [4.69, 9.17) is 9.47 Å². The number of hydrogen-bond acceptors (Lipinski definition) is 4. The Kier molecular flexibility index (Phi) is 4.08. The average Bonchev–Trinajstić information content (AvgIpc) is 2.89. The quantitative estimate of drug-likeness (QED) is 0.693. The number of allylic oxidation sites excluding steroid dienone is 1. The van der Waals surface area contributed by atoms with Gasteiger partial charge in [-0.1, -0.05) is 11.6 Å². The smallest absolute Gasteiger partial charge is 0.256 e. The molecule has 2 aromatic rings. The lowest BCUT2D eigenvalue weighted by molar-refractivity contribution is -0.110. The van der Waals surface area contributed by atoms with Crippen LogP contribution in [-0.2, 0) is 4.79 Å². The molecule has 1 aliphatic heterocycles. The molecule has 0 fully saturated rings. The second-order valence-corrected chi connectivity index (χ2v) is 5.50. The molecule has 5 nitrogen and oxygen atoms in total. The van der Waals surface area contributed by atoms with Gasteiger partial charge in [0.2, 0.25) is 0 Å². The summed E-state index contributed by atoms with van der Waals surface area (Å²) < 4.78 is 10.4. The van der Waals surface area contributed by atoms with Crippen LogP contribution in [0.15, 0.2) is 42.5 Å². The third-order valence-electron chi connectivity index (χ3n) is 3.90. The van der Waals surface area contributed by atoms with Crippen molar-refractivity contribution in [2.45, 2.75) is 6.92 Å². The van der Waals surface area contributed by atoms with Gasteiger partial charge in [-0.15, -0.1) is 0 Å². The lowest BCUT2D eigenvalue weighted by Crippen LogP contribution is -2.06. The minimum atomic E-state index is -0.274. The van der Waals surface area contributed by atoms with Gasteiger partial charge >= 0.3 is 0 Å². The maximum Gasteiger partial charge on any atom is 0.256 e. The third kappa shape index (κ3) is 2.76. The van der Waals surface area contributed by atoms with Gasteiger partial charge in [0.1, 0.15) is 0 Å². The monoisotopic (exact) mass is 323 g/mol. The first-order valence-corrected chi connectivity index (χ1v) is 7.44. The highest BCUT2D eigenvalue weighted by Gasteiger charge is 2.25. The number of carbonyl (C=O) groups is 2. The molecule has 0 saturated carbocycles. The summed E-state index contributed by atoms with van der Waals surface area (Å²) in [5.41, 5.74) is 3.28. The highest BCUT2D eigenvalue weighted by Crippen LogP contribution is 2.33. The minimum absolute atomic E-state index is 0.268. The van der Waals surface area contributed by atoms with Crippen LogP contribution >= 0.6 is 0 Å². The van der Waals surface area contributed by atoms with Gasteiger partial charge in [0, 0.05) is 16.8 Å². The first-order chi connectivity index (χ1) is 11.5. The van der Waals surface area contributed by atoms with Crippen molar-refractivity contribution in [3.05, 3.63) is 59.2 Å². The second kappa shape index (κ2) is 6.20. The van der Waals surface area contributed by atoms with Gasteiger partial charge in [-0.05, 0) is 43.3 Å². The largest absolute Gasteiger partial charge is 0.493 e. The molecular formula is C19H17NO4. The van der Waals surface area contributed by atoms with Crippen molar-refractivity contribution in [2.24, 2.45) is 0 Å². The third-order valence-corrected chi connectivity index (χ3v) is 3.90. The normalized spacial score (nSPS) is 14.3. The fourth-order valence-electron chi connectivity index (χ4n) is 2.65. The molecule has 2 aromatic carbocycles. The lowest BCUT2D eigenvalue weighted by atomic mass is 10.0. The Bertz CT molecular complexity index is 868. The van der Waals surface area contributed by atoms with Crippen LogP contribution in [0, 0.1) is 6.92 Å². The first kappa shape index (κ1) is 15.8. The van der Waals surface area contributed by atoms with Crippen LogP contribution in [0.4, 0.5) is 5.69 Å². The molecule has 0 radical (unpaired) electrons. The van der Waals surface area contributed by atoms with Gasteiger partial charge in [-0.2, -0.15) is 0 Å². The van der Waals surface area contributed by atoms with E-state index in [1.165, 1.54) is 20.3 Å². The van der Waals surface area contributed by atoms with Crippen LogP contribution in [0.25, 0.3) is 5.57 Å². The number of amides is 1. The Balaban J connectivity index is 1.99. The van der Waals surface area contributed by atoms with Crippen LogP contribution in [-0.4, -0.2) is 25.9 Å². The molecular weight excluding hydrogens is 306 g/mol. The van der Waals surface area contributed by atoms with Crippen molar-refractivity contribution in [3.63, 3.8) is 0 Å². The number of fused-ring (bicyclic) bond motifs is 1. The second-order valence-electron chi connectivity index (χ2n) is 5.50. The maximum atomic E-state index is 12.6. The van der Waals surface area contributed by atoms with Gasteiger partial charge in [-0.25, -0.2) is 0 Å². The summed E-state index contributed by atoms with van der Waals surface area (Å²) >= 11 is 0. The zero-order valence-electron chi connectivity index (χ0n) is 13.7. The van der Waals surface area contributed by atoms with E-state index in [1.54, 1.807) is 18.2 Å². The van der Waals surface area contributed by atoms with E-state index in [2.05, 4.69) is 5.32 Å². The van der Waals surface area contributed by atoms with Crippen LogP contribution in [0.1, 0.15) is 21.5 Å². The molecule has 1 N–H and O–H groups in total. The van der Waals surface area contributed by atoms with E-state index in [1.807, 2.05) is 25.1 Å². The van der Waals surface area contributed by atoms with Crippen LogP contribution in [0.5, 0.6) is 11.5 Å². The standard InChI is InChI=1S/C19H17NO4/c1-11-4-6-15-13(8-11)14(19(22)20-15)10-16(21)12-5-7-17(23-2)18(9-12)24-3/h4-10H,1-3H3,(H,20,22). The molecule has 122 valence electrons. The van der Waals surface area contributed by atoms with Crippen molar-refractivity contribution in [1.82, 2.24) is 0 Å². The van der Waals surface area contributed by atoms with Crippen LogP contribution < -0.4 is 14.8 Å². The zero-order valence-corrected chi connectivity index (χ0v) is 13.7. The van der Waals surface area contributed by atoms with Crippen molar-refractivity contribution in [3.8, 4) is 11.5 Å². The highest BCUT2D eigenvalue weighted by atomic mass is 16.5. The molecule has 5 heteroatoms. The predicted molar refractivity (Wildman–Crippen MR) is 91.7 cm³/mol. The minimum Gasteiger partial charge on any atom is -0.493 e. The number of hydrogen-bond donors (Lipinski definition) is 1. The number of aryl methyl sites for hydroxylation is 1. The summed E-state index contributed by atoms with van der Waals surface area (Å²) in [4.78, 5) is 24.7. The fourth-order valence-corrected chi connectivity index (χ4v) is 2.65. The van der Waals surface area contributed by atoms with E-state index >= 15 is 0 Å². The molecule has 1 aliphatic rings. The highest BCUT2D eigenvalue weighted by molar-refractivity contribution is 6.35. The van der Waals surface area contributed by atoms with Crippen molar-refractivity contribution in [1.29, 1.82) is 0 Å². The van der Waals surface area contributed by atoms with Crippen molar-refractivity contribution >= 4 is 23.0 Å². The number of carbonyl (C=O) groups excluding carboxylic acids is 2. The average molecular weight is 323 g/mol. The molecule has 0 aromatic heterocycles. The SMILES string of the molecule is COc1ccc(C(=O)C=C2C(=O)Nc3ccc(C)cc32)cc1OC. The van der Waals surface area contributed by atoms with E-state index in [0.29, 0.717) is 22.6 Å². The van der Waals surface area contributed by atoms with E-state index < -0.39 is 0 Å². The van der Waals surface area contributed by atoms with Crippen LogP contribution in [0.3, 0.4) is 0 Å². The molecule has 0 saturated heterocycles. The number of ketones is 1. The Morgan fingerprint density at radius 3 is 2.50 bits per heavy atom. The number of nitrogens with one attached hydrogen (secondary N) is 1. The number of anilines is 1. The summed E-state index contributed by atoms with van der Waals surface area (Å²) in [5, 5.41) is 2.77. The molecule has 0 unspecified atom stereocenters. The summed E-state index contributed by atoms with van der Waals surface area (Å²) in [7, 11) is 3.04. The molecule has 0 bridgehead atoms. The van der Waals surface area contributed by atoms with Crippen molar-refractivity contribution < 1.29 is 19.1 Å². The topological polar surface area (TPSA) is 64.6 Å². The van der Waals surface area contributed by atoms with Crippen molar-refractivity contribution in [2.75, 3.05) is 19.5 Å². The predicted octanol–water partition coefficient (Wildman–Crippen LogP) is 3.23. The Morgan fingerprint density at radius 2 is 1.79 bits per heavy atom. The van der Waals surface area contributed by atoms with Gasteiger partial charge < -0.3 is 14.8 Å². The van der Waals surface area contributed by atoms with E-state index in [9.17, 15) is 9.59 Å². The molecule has 24 heavy (non-hydrogen) atoms. The summed E-state index contributed by atoms with van der Waals surface area (Å²) in [5.74, 6) is 0.468. The fraction of sp³-hybridized carbons (Fsp3) is 0.158. The Hall–Kier alpha value is -3.08. The molecule has 0 atom stereocenters. The Labute approximate surface area is 139 Å². The first-order valence-electron chi connectivity index (χ1n) is 7.44. The number of rotatable bonds is 4.